The smallest absolute Gasteiger partial charge is 0.265 e. The summed E-state index contributed by atoms with van der Waals surface area (Å²) in [5.74, 6) is -0.954. The van der Waals surface area contributed by atoms with E-state index >= 15 is 0 Å². The number of nitrogens with two attached hydrogens (primary N) is 1. The summed E-state index contributed by atoms with van der Waals surface area (Å²) in [5, 5.41) is 0. The van der Waals surface area contributed by atoms with E-state index in [4.69, 9.17) is 5.73 Å². The van der Waals surface area contributed by atoms with Crippen LogP contribution in [0.5, 0.6) is 0 Å². The molecule has 5 nitrogen and oxygen atoms in total. The third kappa shape index (κ3) is 0.526. The standard InChI is InChI=1S/C3H5N3O2/c4-1-2(7)5-6-3(1)8/h1H,4H2,(H,5,7)(H,6,8). The molecule has 0 aromatic rings. The zero-order chi connectivity index (χ0) is 6.15. The molecular weight excluding hydrogens is 110 g/mol. The van der Waals surface area contributed by atoms with Crippen molar-refractivity contribution in [2.75, 3.05) is 0 Å². The van der Waals surface area contributed by atoms with Crippen molar-refractivity contribution in [2.24, 2.45) is 5.73 Å². The first kappa shape index (κ1) is 5.04. The van der Waals surface area contributed by atoms with Crippen LogP contribution >= 0.6 is 0 Å². The molecule has 1 aliphatic heterocycles. The van der Waals surface area contributed by atoms with Gasteiger partial charge in [0.05, 0.1) is 0 Å². The van der Waals surface area contributed by atoms with Gasteiger partial charge in [0, 0.05) is 0 Å². The highest BCUT2D eigenvalue weighted by Gasteiger charge is 2.28. The predicted molar refractivity (Wildman–Crippen MR) is 24.3 cm³/mol. The van der Waals surface area contributed by atoms with Gasteiger partial charge in [0.15, 0.2) is 6.04 Å². The van der Waals surface area contributed by atoms with Crippen LogP contribution in [0.2, 0.25) is 0 Å². The fourth-order valence-corrected chi connectivity index (χ4v) is 0.398. The molecule has 1 fully saturated rings. The van der Waals surface area contributed by atoms with Gasteiger partial charge in [0.1, 0.15) is 0 Å². The topological polar surface area (TPSA) is 84.2 Å². The Morgan fingerprint density at radius 2 is 1.62 bits per heavy atom. The van der Waals surface area contributed by atoms with E-state index < -0.39 is 17.9 Å². The van der Waals surface area contributed by atoms with Crippen LogP contribution in [0.1, 0.15) is 0 Å². The molecule has 8 heavy (non-hydrogen) atoms. The Balaban J connectivity index is 2.70. The summed E-state index contributed by atoms with van der Waals surface area (Å²) in [6, 6.07) is -1.02. The van der Waals surface area contributed by atoms with Crippen molar-refractivity contribution in [1.82, 2.24) is 10.9 Å². The highest BCUT2D eigenvalue weighted by atomic mass is 16.2. The Hall–Kier alpha value is -1.10. The number of amides is 2. The SMILES string of the molecule is NC1C(=O)NNC1=O. The van der Waals surface area contributed by atoms with Crippen molar-refractivity contribution >= 4 is 11.8 Å². The van der Waals surface area contributed by atoms with E-state index in [0.29, 0.717) is 0 Å². The number of carbonyl (C=O) groups is 2. The van der Waals surface area contributed by atoms with Gasteiger partial charge in [-0.1, -0.05) is 0 Å². The molecule has 0 atom stereocenters. The van der Waals surface area contributed by atoms with Gasteiger partial charge in [0.25, 0.3) is 11.8 Å². The van der Waals surface area contributed by atoms with Crippen LogP contribution in [-0.4, -0.2) is 17.9 Å². The van der Waals surface area contributed by atoms with E-state index in [0.717, 1.165) is 0 Å². The highest BCUT2D eigenvalue weighted by molar-refractivity contribution is 6.08. The van der Waals surface area contributed by atoms with Crippen LogP contribution in [0.15, 0.2) is 0 Å². The van der Waals surface area contributed by atoms with Crippen molar-refractivity contribution in [2.45, 2.75) is 6.04 Å². The molecule has 1 heterocycles. The molecule has 1 rings (SSSR count). The molecule has 0 saturated carbocycles. The number of hydrogen-bond donors (Lipinski definition) is 3. The maximum atomic E-state index is 10.3. The lowest BCUT2D eigenvalue weighted by atomic mass is 10.3. The largest absolute Gasteiger partial charge is 0.312 e. The minimum absolute atomic E-state index is 0.477. The van der Waals surface area contributed by atoms with Crippen molar-refractivity contribution in [3.05, 3.63) is 0 Å². The van der Waals surface area contributed by atoms with Crippen molar-refractivity contribution in [3.63, 3.8) is 0 Å². The minimum atomic E-state index is -1.02. The first-order valence-corrected chi connectivity index (χ1v) is 2.07. The lowest BCUT2D eigenvalue weighted by molar-refractivity contribution is -0.124. The fraction of sp³-hybridized carbons (Fsp3) is 0.333. The Morgan fingerprint density at radius 1 is 1.25 bits per heavy atom. The second-order valence-electron chi connectivity index (χ2n) is 1.46. The van der Waals surface area contributed by atoms with Crippen molar-refractivity contribution < 1.29 is 9.59 Å². The van der Waals surface area contributed by atoms with Gasteiger partial charge in [-0.25, -0.2) is 0 Å². The van der Waals surface area contributed by atoms with Gasteiger partial charge in [-0.05, 0) is 0 Å². The molecule has 44 valence electrons. The summed E-state index contributed by atoms with van der Waals surface area (Å²) in [7, 11) is 0. The zero-order valence-electron chi connectivity index (χ0n) is 3.97. The normalized spacial score (nSPS) is 20.6. The van der Waals surface area contributed by atoms with Gasteiger partial charge in [-0.2, -0.15) is 0 Å². The molecule has 4 N–H and O–H groups in total. The van der Waals surface area contributed by atoms with Crippen molar-refractivity contribution in [1.29, 1.82) is 0 Å². The summed E-state index contributed by atoms with van der Waals surface area (Å²) < 4.78 is 0. The summed E-state index contributed by atoms with van der Waals surface area (Å²) in [6.07, 6.45) is 0. The van der Waals surface area contributed by atoms with Crippen LogP contribution in [0.3, 0.4) is 0 Å². The van der Waals surface area contributed by atoms with Crippen LogP contribution in [0.25, 0.3) is 0 Å². The highest BCUT2D eigenvalue weighted by Crippen LogP contribution is 1.83. The van der Waals surface area contributed by atoms with E-state index in [1.807, 2.05) is 0 Å². The molecule has 0 radical (unpaired) electrons. The van der Waals surface area contributed by atoms with Gasteiger partial charge >= 0.3 is 0 Å². The number of hydrazine groups is 1. The van der Waals surface area contributed by atoms with Gasteiger partial charge < -0.3 is 5.73 Å². The Kier molecular flexibility index (Phi) is 0.911. The molecule has 0 bridgehead atoms. The summed E-state index contributed by atoms with van der Waals surface area (Å²) >= 11 is 0. The molecule has 1 saturated heterocycles. The van der Waals surface area contributed by atoms with Gasteiger partial charge in [-0.3, -0.25) is 20.4 Å². The number of hydrogen-bond acceptors (Lipinski definition) is 3. The van der Waals surface area contributed by atoms with E-state index in [1.54, 1.807) is 0 Å². The van der Waals surface area contributed by atoms with Gasteiger partial charge in [-0.15, -0.1) is 0 Å². The predicted octanol–water partition coefficient (Wildman–Crippen LogP) is -2.53. The molecule has 0 aromatic carbocycles. The van der Waals surface area contributed by atoms with E-state index in [1.165, 1.54) is 0 Å². The molecular formula is C3H5N3O2. The minimum Gasteiger partial charge on any atom is -0.312 e. The van der Waals surface area contributed by atoms with Crippen molar-refractivity contribution in [3.8, 4) is 0 Å². The van der Waals surface area contributed by atoms with Crippen LogP contribution in [0, 0.1) is 0 Å². The first-order valence-electron chi connectivity index (χ1n) is 2.07. The third-order valence-electron chi connectivity index (χ3n) is 0.874. The van der Waals surface area contributed by atoms with Gasteiger partial charge in [0.2, 0.25) is 0 Å². The lowest BCUT2D eigenvalue weighted by Crippen LogP contribution is -2.34. The molecule has 0 aliphatic carbocycles. The van der Waals surface area contributed by atoms with Crippen LogP contribution < -0.4 is 16.6 Å². The molecule has 0 aromatic heterocycles. The third-order valence-corrected chi connectivity index (χ3v) is 0.874. The Bertz CT molecular complexity index is 127. The van der Waals surface area contributed by atoms with Crippen LogP contribution in [0.4, 0.5) is 0 Å². The number of carbonyl (C=O) groups excluding carboxylic acids is 2. The average Bonchev–Trinajstić information content (AvgIpc) is 1.98. The summed E-state index contributed by atoms with van der Waals surface area (Å²) in [5.41, 5.74) is 9.11. The molecule has 0 spiro atoms. The first-order chi connectivity index (χ1) is 3.72. The second-order valence-corrected chi connectivity index (χ2v) is 1.46. The summed E-state index contributed by atoms with van der Waals surface area (Å²) in [6.45, 7) is 0. The maximum absolute atomic E-state index is 10.3. The molecule has 0 unspecified atom stereocenters. The monoisotopic (exact) mass is 115 g/mol. The molecule has 5 heteroatoms. The number of nitrogens with one attached hydrogen (secondary N) is 2. The Morgan fingerprint density at radius 3 is 1.75 bits per heavy atom. The molecule has 2 amide bonds. The maximum Gasteiger partial charge on any atom is 0.265 e. The van der Waals surface area contributed by atoms with E-state index in [9.17, 15) is 9.59 Å². The second kappa shape index (κ2) is 1.45. The summed E-state index contributed by atoms with van der Waals surface area (Å²) in [4.78, 5) is 20.5. The fourth-order valence-electron chi connectivity index (χ4n) is 0.398. The van der Waals surface area contributed by atoms with Crippen LogP contribution in [-0.2, 0) is 9.59 Å². The Labute approximate surface area is 45.2 Å². The molecule has 1 aliphatic rings. The zero-order valence-corrected chi connectivity index (χ0v) is 3.97. The average molecular weight is 115 g/mol. The van der Waals surface area contributed by atoms with E-state index in [-0.39, 0.29) is 0 Å². The number of rotatable bonds is 0. The van der Waals surface area contributed by atoms with E-state index in [2.05, 4.69) is 10.9 Å². The lowest BCUT2D eigenvalue weighted by Gasteiger charge is -1.87. The quantitative estimate of drug-likeness (QED) is 0.304.